The molecule has 4 aromatic rings. The number of esters is 1. The van der Waals surface area contributed by atoms with Crippen molar-refractivity contribution in [1.82, 2.24) is 14.1 Å². The van der Waals surface area contributed by atoms with Gasteiger partial charge in [0, 0.05) is 22.4 Å². The molecule has 1 aliphatic carbocycles. The van der Waals surface area contributed by atoms with Crippen LogP contribution in [0.4, 0.5) is 11.5 Å². The summed E-state index contributed by atoms with van der Waals surface area (Å²) in [4.78, 5) is 44.8. The number of hydrogen-bond donors (Lipinski definition) is 4. The topological polar surface area (TPSA) is 165 Å². The highest BCUT2D eigenvalue weighted by Gasteiger charge is 2.48. The molecule has 2 atom stereocenters. The van der Waals surface area contributed by atoms with E-state index in [-0.39, 0.29) is 50.3 Å². The number of anilines is 2. The maximum atomic E-state index is 14.6. The number of nitrogens with one attached hydrogen (secondary N) is 3. The number of nitrogens with two attached hydrogens (primary N) is 1. The Morgan fingerprint density at radius 3 is 2.02 bits per heavy atom. The number of aromatic amines is 1. The van der Waals surface area contributed by atoms with E-state index in [2.05, 4.69) is 58.2 Å². The van der Waals surface area contributed by atoms with Crippen LogP contribution >= 0.6 is 23.2 Å². The zero-order valence-electron chi connectivity index (χ0n) is 29.1. The minimum atomic E-state index is -4.48. The van der Waals surface area contributed by atoms with Gasteiger partial charge in [-0.3, -0.25) is 14.3 Å². The van der Waals surface area contributed by atoms with Crippen LogP contribution in [0.1, 0.15) is 82.0 Å². The Morgan fingerprint density at radius 2 is 1.48 bits per heavy atom. The molecule has 2 aromatic carbocycles. The van der Waals surface area contributed by atoms with E-state index < -0.39 is 45.1 Å². The van der Waals surface area contributed by atoms with Crippen molar-refractivity contribution >= 4 is 62.4 Å². The number of carbonyl (C=O) groups is 2. The second-order valence-electron chi connectivity index (χ2n) is 15.2. The van der Waals surface area contributed by atoms with Gasteiger partial charge in [-0.2, -0.15) is 8.42 Å². The van der Waals surface area contributed by atoms with Gasteiger partial charge in [0.25, 0.3) is 11.5 Å². The Labute approximate surface area is 302 Å². The summed E-state index contributed by atoms with van der Waals surface area (Å²) in [7, 11) is -4.48. The van der Waals surface area contributed by atoms with E-state index in [1.165, 1.54) is 12.1 Å². The Kier molecular flexibility index (Phi) is 10.1. The summed E-state index contributed by atoms with van der Waals surface area (Å²) in [5, 5.41) is 0.214. The molecule has 1 aliphatic rings. The third-order valence-corrected chi connectivity index (χ3v) is 11.0. The SMILES string of the molecule is CC1CC(C(C)(C)C)C(OC(=O)c2c(-c3ccc(Cl)cc3)c(Cl)n3c(=O)c(C(=O)NS(=O)(=O)Nc4ccccc4)c(N)[nH]c23)C(C(C)(C)C)C1. The van der Waals surface area contributed by atoms with Crippen molar-refractivity contribution in [2.75, 3.05) is 10.5 Å². The molecular weight excluding hydrogens is 701 g/mol. The van der Waals surface area contributed by atoms with Crippen molar-refractivity contribution in [2.45, 2.75) is 67.4 Å². The molecule has 5 N–H and O–H groups in total. The Balaban J connectivity index is 1.65. The lowest BCUT2D eigenvalue weighted by atomic mass is 9.59. The van der Waals surface area contributed by atoms with Gasteiger partial charge in [-0.25, -0.2) is 13.9 Å². The van der Waals surface area contributed by atoms with Gasteiger partial charge in [-0.15, -0.1) is 0 Å². The fourth-order valence-electron chi connectivity index (χ4n) is 6.98. The lowest BCUT2D eigenvalue weighted by Gasteiger charge is -2.50. The van der Waals surface area contributed by atoms with Gasteiger partial charge in [0.05, 0.1) is 5.69 Å². The molecule has 0 radical (unpaired) electrons. The number of para-hydroxylation sites is 1. The average Bonchev–Trinajstić information content (AvgIpc) is 3.28. The molecule has 0 bridgehead atoms. The number of halogens is 2. The molecule has 0 saturated heterocycles. The van der Waals surface area contributed by atoms with E-state index in [0.717, 1.165) is 17.2 Å². The quantitative estimate of drug-likeness (QED) is 0.142. The number of fused-ring (bicyclic) bond motifs is 1. The first-order chi connectivity index (χ1) is 23.2. The van der Waals surface area contributed by atoms with E-state index in [1.54, 1.807) is 42.5 Å². The van der Waals surface area contributed by atoms with E-state index in [0.29, 0.717) is 16.5 Å². The van der Waals surface area contributed by atoms with Gasteiger partial charge in [0.2, 0.25) is 0 Å². The molecule has 2 unspecified atom stereocenters. The summed E-state index contributed by atoms with van der Waals surface area (Å²) in [5.41, 5.74) is 4.69. The predicted molar refractivity (Wildman–Crippen MR) is 198 cm³/mol. The Bertz CT molecular complexity index is 2080. The average molecular weight is 745 g/mol. The number of ether oxygens (including phenoxy) is 1. The molecule has 2 heterocycles. The largest absolute Gasteiger partial charge is 0.458 e. The number of hydrogen-bond acceptors (Lipinski definition) is 7. The van der Waals surface area contributed by atoms with Crippen LogP contribution in [0.15, 0.2) is 59.4 Å². The zero-order valence-corrected chi connectivity index (χ0v) is 31.4. The van der Waals surface area contributed by atoms with Gasteiger partial charge >= 0.3 is 16.2 Å². The molecule has 14 heteroatoms. The molecule has 2 aromatic heterocycles. The number of amides is 1. The van der Waals surface area contributed by atoms with E-state index >= 15 is 0 Å². The summed E-state index contributed by atoms with van der Waals surface area (Å²) in [6, 6.07) is 14.4. The van der Waals surface area contributed by atoms with Crippen molar-refractivity contribution in [3.8, 4) is 11.1 Å². The standard InChI is InChI=1S/C36H43Cl2N5O6S/c1-19-17-23(35(2,3)4)28(24(18-19)36(5,6)7)49-34(46)26-25(20-13-15-21(37)16-14-20)29(38)43-31(26)40-30(39)27(33(43)45)32(44)42-50(47,48)41-22-11-9-8-10-12-22/h8-16,19,23-24,28,40-41H,17-18,39H2,1-7H3,(H,42,44). The van der Waals surface area contributed by atoms with Crippen LogP contribution in [-0.2, 0) is 14.9 Å². The maximum absolute atomic E-state index is 14.6. The van der Waals surface area contributed by atoms with Gasteiger partial charge in [-0.05, 0) is 59.4 Å². The van der Waals surface area contributed by atoms with Crippen LogP contribution in [0.3, 0.4) is 0 Å². The molecule has 0 spiro atoms. The van der Waals surface area contributed by atoms with Crippen molar-refractivity contribution < 1.29 is 22.7 Å². The summed E-state index contributed by atoms with van der Waals surface area (Å²) < 4.78 is 37.1. The monoisotopic (exact) mass is 743 g/mol. The molecular formula is C36H43Cl2N5O6S. The molecule has 1 amide bonds. The molecule has 1 fully saturated rings. The van der Waals surface area contributed by atoms with Crippen molar-refractivity contribution in [2.24, 2.45) is 28.6 Å². The lowest BCUT2D eigenvalue weighted by Crippen LogP contribution is -2.49. The third-order valence-electron chi connectivity index (χ3n) is 9.44. The van der Waals surface area contributed by atoms with Crippen LogP contribution in [0.5, 0.6) is 0 Å². The minimum Gasteiger partial charge on any atom is -0.458 e. The van der Waals surface area contributed by atoms with Crippen LogP contribution in [0.25, 0.3) is 16.8 Å². The van der Waals surface area contributed by atoms with E-state index in [9.17, 15) is 22.8 Å². The molecule has 1 saturated carbocycles. The van der Waals surface area contributed by atoms with Crippen LogP contribution in [-0.4, -0.2) is 35.8 Å². The second-order valence-corrected chi connectivity index (χ2v) is 17.5. The highest BCUT2D eigenvalue weighted by Crippen LogP contribution is 2.50. The van der Waals surface area contributed by atoms with Crippen molar-refractivity contribution in [3.05, 3.63) is 86.3 Å². The fourth-order valence-corrected chi connectivity index (χ4v) is 8.31. The first kappa shape index (κ1) is 37.3. The Morgan fingerprint density at radius 1 is 0.920 bits per heavy atom. The molecule has 11 nitrogen and oxygen atoms in total. The summed E-state index contributed by atoms with van der Waals surface area (Å²) in [6.07, 6.45) is 1.25. The number of nitrogens with zero attached hydrogens (tertiary/aromatic N) is 1. The first-order valence-corrected chi connectivity index (χ1v) is 18.6. The first-order valence-electron chi connectivity index (χ1n) is 16.3. The smallest absolute Gasteiger partial charge is 0.342 e. The van der Waals surface area contributed by atoms with Crippen LogP contribution in [0.2, 0.25) is 10.2 Å². The highest BCUT2D eigenvalue weighted by atomic mass is 35.5. The van der Waals surface area contributed by atoms with Crippen LogP contribution < -0.4 is 20.7 Å². The number of nitrogen functional groups attached to an aromatic ring is 1. The van der Waals surface area contributed by atoms with Crippen molar-refractivity contribution in [3.63, 3.8) is 0 Å². The zero-order chi connectivity index (χ0) is 36.9. The number of aromatic nitrogens is 2. The minimum absolute atomic E-state index is 0.0219. The summed E-state index contributed by atoms with van der Waals surface area (Å²) in [5.74, 6) is -2.06. The van der Waals surface area contributed by atoms with Crippen LogP contribution in [0, 0.1) is 28.6 Å². The summed E-state index contributed by atoms with van der Waals surface area (Å²) >= 11 is 13.1. The maximum Gasteiger partial charge on any atom is 0.342 e. The number of benzene rings is 2. The van der Waals surface area contributed by atoms with Gasteiger partial charge in [0.1, 0.15) is 33.8 Å². The second kappa shape index (κ2) is 13.6. The van der Waals surface area contributed by atoms with E-state index in [4.69, 9.17) is 33.7 Å². The molecule has 50 heavy (non-hydrogen) atoms. The third kappa shape index (κ3) is 7.52. The van der Waals surface area contributed by atoms with E-state index in [1.807, 2.05) is 4.72 Å². The Hall–Kier alpha value is -4.00. The normalized spacial score (nSPS) is 20.0. The molecule has 0 aliphatic heterocycles. The lowest BCUT2D eigenvalue weighted by molar-refractivity contribution is -0.0922. The number of H-pyrrole nitrogens is 1. The van der Waals surface area contributed by atoms with Gasteiger partial charge in [-0.1, -0.05) is 102 Å². The van der Waals surface area contributed by atoms with Crippen molar-refractivity contribution in [1.29, 1.82) is 0 Å². The number of rotatable bonds is 7. The summed E-state index contributed by atoms with van der Waals surface area (Å²) in [6.45, 7) is 15.1. The van der Waals surface area contributed by atoms with Gasteiger partial charge < -0.3 is 15.5 Å². The predicted octanol–water partition coefficient (Wildman–Crippen LogP) is 7.55. The number of carbonyl (C=O) groups excluding carboxylic acids is 2. The highest BCUT2D eigenvalue weighted by molar-refractivity contribution is 7.91. The van der Waals surface area contributed by atoms with Gasteiger partial charge in [0.15, 0.2) is 0 Å². The molecule has 268 valence electrons. The fraction of sp³-hybridized carbons (Fsp3) is 0.417. The molecule has 5 rings (SSSR count).